The van der Waals surface area contributed by atoms with Gasteiger partial charge in [-0.3, -0.25) is 0 Å². The van der Waals surface area contributed by atoms with E-state index in [-0.39, 0.29) is 17.8 Å². The van der Waals surface area contributed by atoms with E-state index in [0.717, 1.165) is 5.56 Å². The zero-order valence-corrected chi connectivity index (χ0v) is 10.4. The second kappa shape index (κ2) is 4.20. The highest BCUT2D eigenvalue weighted by Crippen LogP contribution is 2.37. The van der Waals surface area contributed by atoms with Gasteiger partial charge in [-0.25, -0.2) is 14.8 Å². The summed E-state index contributed by atoms with van der Waals surface area (Å²) >= 11 is 0. The van der Waals surface area contributed by atoms with Gasteiger partial charge in [0.25, 0.3) is 0 Å². The summed E-state index contributed by atoms with van der Waals surface area (Å²) in [4.78, 5) is 21.1. The third kappa shape index (κ3) is 1.82. The van der Waals surface area contributed by atoms with Gasteiger partial charge in [0.1, 0.15) is 5.69 Å². The lowest BCUT2D eigenvalue weighted by Crippen LogP contribution is -2.53. The van der Waals surface area contributed by atoms with Gasteiger partial charge in [0.2, 0.25) is 0 Å². The molecule has 0 spiro atoms. The van der Waals surface area contributed by atoms with Crippen LogP contribution in [0, 0.1) is 0 Å². The maximum atomic E-state index is 11.0. The fraction of sp³-hybridized carbons (Fsp3) is 0.417. The Morgan fingerprint density at radius 1 is 1.58 bits per heavy atom. The van der Waals surface area contributed by atoms with Gasteiger partial charge in [0.15, 0.2) is 5.96 Å². The van der Waals surface area contributed by atoms with Gasteiger partial charge in [0, 0.05) is 5.56 Å². The van der Waals surface area contributed by atoms with Gasteiger partial charge in [-0.15, -0.1) is 0 Å². The number of carbonyl (C=O) groups is 1. The number of carboxylic acids is 1. The van der Waals surface area contributed by atoms with Crippen LogP contribution in [-0.2, 0) is 4.74 Å². The highest BCUT2D eigenvalue weighted by atomic mass is 16.5. The molecule has 7 nitrogen and oxygen atoms in total. The van der Waals surface area contributed by atoms with E-state index < -0.39 is 5.97 Å². The highest BCUT2D eigenvalue weighted by Gasteiger charge is 2.36. The average molecular weight is 262 g/mol. The van der Waals surface area contributed by atoms with E-state index in [9.17, 15) is 4.79 Å². The molecule has 1 aromatic heterocycles. The fourth-order valence-corrected chi connectivity index (χ4v) is 2.57. The minimum Gasteiger partial charge on any atom is -0.477 e. The van der Waals surface area contributed by atoms with Crippen molar-refractivity contribution < 1.29 is 14.6 Å². The molecule has 3 N–H and O–H groups in total. The average Bonchev–Trinajstić information content (AvgIpc) is 2.38. The molecule has 1 aromatic rings. The summed E-state index contributed by atoms with van der Waals surface area (Å²) < 4.78 is 5.54. The Morgan fingerprint density at radius 2 is 2.37 bits per heavy atom. The van der Waals surface area contributed by atoms with Crippen LogP contribution in [-0.4, -0.2) is 46.2 Å². The molecule has 0 saturated carbocycles. The van der Waals surface area contributed by atoms with Gasteiger partial charge >= 0.3 is 5.97 Å². The Hall–Kier alpha value is -2.15. The summed E-state index contributed by atoms with van der Waals surface area (Å²) in [6, 6.07) is 1.56. The SMILES string of the molecule is C[C@H]1COC[C@@H]2c3cc(C(=O)O)ncc3N=C(N)N21. The highest BCUT2D eigenvalue weighted by molar-refractivity contribution is 5.88. The minimum atomic E-state index is -1.05. The standard InChI is InChI=1S/C12H14N4O3/c1-6-4-19-5-10-7-2-8(11(17)18)14-3-9(7)15-12(13)16(6)10/h2-3,6,10H,4-5H2,1H3,(H2,13,15)(H,17,18)/t6-,10+/m0/s1. The number of guanidine groups is 1. The van der Waals surface area contributed by atoms with Crippen molar-refractivity contribution in [3.63, 3.8) is 0 Å². The van der Waals surface area contributed by atoms with Crippen molar-refractivity contribution in [3.8, 4) is 0 Å². The molecule has 3 rings (SSSR count). The Labute approximate surface area is 109 Å². The maximum Gasteiger partial charge on any atom is 0.354 e. The monoisotopic (exact) mass is 262 g/mol. The predicted octanol–water partition coefficient (Wildman–Crippen LogP) is 0.501. The number of aliphatic imine (C=N–C) groups is 1. The Bertz CT molecular complexity index is 572. The number of aromatic nitrogens is 1. The zero-order chi connectivity index (χ0) is 13.6. The van der Waals surface area contributed by atoms with Crippen molar-refractivity contribution in [2.45, 2.75) is 19.0 Å². The largest absolute Gasteiger partial charge is 0.477 e. The number of carboxylic acid groups (broad SMARTS) is 1. The molecule has 2 atom stereocenters. The number of hydrogen-bond acceptors (Lipinski definition) is 6. The molecule has 19 heavy (non-hydrogen) atoms. The van der Waals surface area contributed by atoms with E-state index in [1.54, 1.807) is 6.07 Å². The van der Waals surface area contributed by atoms with E-state index >= 15 is 0 Å². The summed E-state index contributed by atoms with van der Waals surface area (Å²) in [7, 11) is 0. The molecule has 0 bridgehead atoms. The minimum absolute atomic E-state index is 0.00704. The first-order valence-corrected chi connectivity index (χ1v) is 6.01. The van der Waals surface area contributed by atoms with Gasteiger partial charge in [-0.05, 0) is 13.0 Å². The number of fused-ring (bicyclic) bond motifs is 3. The molecular formula is C12H14N4O3. The van der Waals surface area contributed by atoms with E-state index in [2.05, 4.69) is 9.98 Å². The molecule has 0 amide bonds. The molecule has 0 aromatic carbocycles. The quantitative estimate of drug-likeness (QED) is 0.764. The van der Waals surface area contributed by atoms with Crippen LogP contribution in [0.15, 0.2) is 17.3 Å². The fourth-order valence-electron chi connectivity index (χ4n) is 2.57. The summed E-state index contributed by atoms with van der Waals surface area (Å²) in [6.07, 6.45) is 1.45. The van der Waals surface area contributed by atoms with Crippen LogP contribution in [0.25, 0.3) is 0 Å². The summed E-state index contributed by atoms with van der Waals surface area (Å²) in [5, 5.41) is 9.02. The Kier molecular flexibility index (Phi) is 2.63. The van der Waals surface area contributed by atoms with Gasteiger partial charge in [0.05, 0.1) is 37.2 Å². The molecule has 0 unspecified atom stereocenters. The number of ether oxygens (including phenoxy) is 1. The zero-order valence-electron chi connectivity index (χ0n) is 10.4. The normalized spacial score (nSPS) is 25.3. The molecule has 1 saturated heterocycles. The molecule has 7 heteroatoms. The molecule has 3 heterocycles. The number of morpholine rings is 1. The van der Waals surface area contributed by atoms with E-state index in [0.29, 0.717) is 24.9 Å². The third-order valence-corrected chi connectivity index (χ3v) is 3.44. The first kappa shape index (κ1) is 11.9. The summed E-state index contributed by atoms with van der Waals surface area (Å²) in [5.41, 5.74) is 7.39. The van der Waals surface area contributed by atoms with E-state index in [1.807, 2.05) is 11.8 Å². The molecule has 2 aliphatic rings. The molecule has 0 radical (unpaired) electrons. The maximum absolute atomic E-state index is 11.0. The van der Waals surface area contributed by atoms with Crippen LogP contribution >= 0.6 is 0 Å². The molecule has 0 aliphatic carbocycles. The van der Waals surface area contributed by atoms with Crippen LogP contribution in [0.1, 0.15) is 29.0 Å². The summed E-state index contributed by atoms with van der Waals surface area (Å²) in [5.74, 6) is -0.625. The third-order valence-electron chi connectivity index (χ3n) is 3.44. The molecule has 1 fully saturated rings. The first-order valence-electron chi connectivity index (χ1n) is 6.01. The van der Waals surface area contributed by atoms with Crippen LogP contribution < -0.4 is 5.73 Å². The van der Waals surface area contributed by atoms with Gasteiger partial charge in [-0.2, -0.15) is 0 Å². The second-order valence-corrected chi connectivity index (χ2v) is 4.71. The van der Waals surface area contributed by atoms with E-state index in [4.69, 9.17) is 15.6 Å². The van der Waals surface area contributed by atoms with Crippen LogP contribution in [0.3, 0.4) is 0 Å². The van der Waals surface area contributed by atoms with Crippen molar-refractivity contribution in [2.75, 3.05) is 13.2 Å². The molecular weight excluding hydrogens is 248 g/mol. The summed E-state index contributed by atoms with van der Waals surface area (Å²) in [6.45, 7) is 3.05. The number of aromatic carboxylic acids is 1. The molecule has 100 valence electrons. The number of nitrogens with two attached hydrogens (primary N) is 1. The van der Waals surface area contributed by atoms with Crippen molar-refractivity contribution in [2.24, 2.45) is 10.7 Å². The number of pyridine rings is 1. The first-order chi connectivity index (χ1) is 9.08. The van der Waals surface area contributed by atoms with Crippen LogP contribution in [0.2, 0.25) is 0 Å². The number of nitrogens with zero attached hydrogens (tertiary/aromatic N) is 3. The lowest BCUT2D eigenvalue weighted by Gasteiger charge is -2.43. The lowest BCUT2D eigenvalue weighted by atomic mass is 10.00. The smallest absolute Gasteiger partial charge is 0.354 e. The van der Waals surface area contributed by atoms with Crippen molar-refractivity contribution >= 4 is 17.6 Å². The van der Waals surface area contributed by atoms with Gasteiger partial charge < -0.3 is 20.5 Å². The Morgan fingerprint density at radius 3 is 3.11 bits per heavy atom. The van der Waals surface area contributed by atoms with Crippen LogP contribution in [0.5, 0.6) is 0 Å². The second-order valence-electron chi connectivity index (χ2n) is 4.71. The van der Waals surface area contributed by atoms with Crippen molar-refractivity contribution in [3.05, 3.63) is 23.5 Å². The van der Waals surface area contributed by atoms with Crippen molar-refractivity contribution in [1.82, 2.24) is 9.88 Å². The predicted molar refractivity (Wildman–Crippen MR) is 67.3 cm³/mol. The lowest BCUT2D eigenvalue weighted by molar-refractivity contribution is -0.00976. The van der Waals surface area contributed by atoms with Crippen LogP contribution in [0.4, 0.5) is 5.69 Å². The van der Waals surface area contributed by atoms with Crippen molar-refractivity contribution in [1.29, 1.82) is 0 Å². The topological polar surface area (TPSA) is 101 Å². The number of hydrogen-bond donors (Lipinski definition) is 2. The number of rotatable bonds is 1. The Balaban J connectivity index is 2.11. The van der Waals surface area contributed by atoms with Gasteiger partial charge in [-0.1, -0.05) is 0 Å². The molecule has 2 aliphatic heterocycles. The van der Waals surface area contributed by atoms with E-state index in [1.165, 1.54) is 6.20 Å².